The van der Waals surface area contributed by atoms with Crippen LogP contribution in [0.1, 0.15) is 40.2 Å². The highest BCUT2D eigenvalue weighted by Gasteiger charge is 2.26. The molecular formula is C30H28N2O6. The fourth-order valence-corrected chi connectivity index (χ4v) is 4.79. The standard InChI is InChI=1S/C30H28N2O6/c1-18-8-25(37-16-21-13-31-30(35)32-14-21)9-19(2)29(18)22-5-3-4-20(10-22)15-36-24-6-7-26-23(11-28(33)34)17-38-27(26)12-24/h3-10,12-14,23H,11,15-17H2,1-2H3,(H,33,34)(H,31,32,35). The first-order valence-electron chi connectivity index (χ1n) is 12.3. The van der Waals surface area contributed by atoms with Crippen LogP contribution in [0.2, 0.25) is 0 Å². The van der Waals surface area contributed by atoms with Gasteiger partial charge in [0.1, 0.15) is 30.5 Å². The molecule has 2 N–H and O–H groups in total. The largest absolute Gasteiger partial charge is 0.492 e. The van der Waals surface area contributed by atoms with Crippen LogP contribution in [0.5, 0.6) is 17.2 Å². The molecule has 1 aliphatic heterocycles. The molecule has 0 amide bonds. The van der Waals surface area contributed by atoms with Crippen molar-refractivity contribution in [3.05, 3.63) is 105 Å². The minimum absolute atomic E-state index is 0.0541. The average molecular weight is 513 g/mol. The van der Waals surface area contributed by atoms with Crippen molar-refractivity contribution in [1.29, 1.82) is 0 Å². The van der Waals surface area contributed by atoms with E-state index in [-0.39, 0.29) is 18.0 Å². The van der Waals surface area contributed by atoms with Crippen LogP contribution >= 0.6 is 0 Å². The molecule has 194 valence electrons. The van der Waals surface area contributed by atoms with Crippen LogP contribution in [0, 0.1) is 13.8 Å². The molecule has 5 rings (SSSR count). The van der Waals surface area contributed by atoms with E-state index >= 15 is 0 Å². The van der Waals surface area contributed by atoms with Crippen LogP contribution in [-0.4, -0.2) is 27.7 Å². The lowest BCUT2D eigenvalue weighted by Crippen LogP contribution is -2.10. The second-order valence-corrected chi connectivity index (χ2v) is 9.44. The van der Waals surface area contributed by atoms with Gasteiger partial charge in [-0.25, -0.2) is 9.78 Å². The summed E-state index contributed by atoms with van der Waals surface area (Å²) in [5.74, 6) is 1.16. The Hall–Kier alpha value is -4.59. The summed E-state index contributed by atoms with van der Waals surface area (Å²) in [5.41, 5.74) is 6.74. The number of benzene rings is 3. The third-order valence-electron chi connectivity index (χ3n) is 6.55. The molecule has 2 heterocycles. The maximum absolute atomic E-state index is 11.1. The van der Waals surface area contributed by atoms with Crippen molar-refractivity contribution in [1.82, 2.24) is 9.97 Å². The molecule has 0 spiro atoms. The summed E-state index contributed by atoms with van der Waals surface area (Å²) < 4.78 is 17.7. The second-order valence-electron chi connectivity index (χ2n) is 9.44. The maximum Gasteiger partial charge on any atom is 0.344 e. The number of carboxylic acid groups (broad SMARTS) is 1. The van der Waals surface area contributed by atoms with Crippen LogP contribution in [0.15, 0.2) is 71.8 Å². The van der Waals surface area contributed by atoms with Gasteiger partial charge in [-0.1, -0.05) is 24.3 Å². The van der Waals surface area contributed by atoms with Gasteiger partial charge in [-0.05, 0) is 65.9 Å². The zero-order valence-electron chi connectivity index (χ0n) is 21.2. The Kier molecular flexibility index (Phi) is 7.13. The highest BCUT2D eigenvalue weighted by atomic mass is 16.5. The number of fused-ring (bicyclic) bond motifs is 1. The van der Waals surface area contributed by atoms with Gasteiger partial charge in [0.25, 0.3) is 0 Å². The topological polar surface area (TPSA) is 111 Å². The van der Waals surface area contributed by atoms with Crippen LogP contribution < -0.4 is 19.9 Å². The Labute approximate surface area is 219 Å². The number of nitrogens with one attached hydrogen (secondary N) is 1. The predicted octanol–water partition coefficient (Wildman–Crippen LogP) is 5.16. The van der Waals surface area contributed by atoms with E-state index in [1.807, 2.05) is 42.5 Å². The van der Waals surface area contributed by atoms with Crippen molar-refractivity contribution in [2.75, 3.05) is 6.61 Å². The summed E-state index contributed by atoms with van der Waals surface area (Å²) in [6.07, 6.45) is 3.16. The monoisotopic (exact) mass is 512 g/mol. The summed E-state index contributed by atoms with van der Waals surface area (Å²) in [4.78, 5) is 28.5. The van der Waals surface area contributed by atoms with Crippen molar-refractivity contribution >= 4 is 5.97 Å². The van der Waals surface area contributed by atoms with Crippen LogP contribution in [0.3, 0.4) is 0 Å². The fraction of sp³-hybridized carbons (Fsp3) is 0.233. The van der Waals surface area contributed by atoms with Gasteiger partial charge in [0.05, 0.1) is 13.0 Å². The lowest BCUT2D eigenvalue weighted by atomic mass is 9.94. The summed E-state index contributed by atoms with van der Waals surface area (Å²) in [5, 5.41) is 9.09. The zero-order chi connectivity index (χ0) is 26.6. The smallest absolute Gasteiger partial charge is 0.344 e. The number of rotatable bonds is 9. The number of aliphatic carboxylic acids is 1. The molecule has 3 aromatic carbocycles. The number of ether oxygens (including phenoxy) is 3. The lowest BCUT2D eigenvalue weighted by Gasteiger charge is -2.15. The number of aryl methyl sites for hydroxylation is 2. The quantitative estimate of drug-likeness (QED) is 0.319. The SMILES string of the molecule is Cc1cc(OCc2cnc(=O)[nH]c2)cc(C)c1-c1cccc(COc2ccc3c(c2)OCC3CC(=O)O)c1. The van der Waals surface area contributed by atoms with Crippen molar-refractivity contribution in [3.8, 4) is 28.4 Å². The van der Waals surface area contributed by atoms with E-state index in [0.29, 0.717) is 31.3 Å². The van der Waals surface area contributed by atoms with E-state index in [9.17, 15) is 9.59 Å². The molecule has 0 saturated carbocycles. The molecule has 0 aliphatic carbocycles. The van der Waals surface area contributed by atoms with Crippen molar-refractivity contribution < 1.29 is 24.1 Å². The zero-order valence-corrected chi connectivity index (χ0v) is 21.2. The van der Waals surface area contributed by atoms with E-state index < -0.39 is 5.97 Å². The number of H-pyrrole nitrogens is 1. The number of nitrogens with zero attached hydrogens (tertiary/aromatic N) is 1. The van der Waals surface area contributed by atoms with E-state index in [0.717, 1.165) is 44.7 Å². The van der Waals surface area contributed by atoms with Gasteiger partial charge in [-0.15, -0.1) is 0 Å². The molecule has 0 bridgehead atoms. The second kappa shape index (κ2) is 10.8. The molecule has 0 fully saturated rings. The number of hydrogen-bond acceptors (Lipinski definition) is 6. The van der Waals surface area contributed by atoms with Gasteiger partial charge in [0.15, 0.2) is 0 Å². The first kappa shape index (κ1) is 25.1. The average Bonchev–Trinajstić information content (AvgIpc) is 3.28. The van der Waals surface area contributed by atoms with Gasteiger partial charge in [-0.3, -0.25) is 4.79 Å². The van der Waals surface area contributed by atoms with Crippen molar-refractivity contribution in [3.63, 3.8) is 0 Å². The minimum atomic E-state index is -0.831. The van der Waals surface area contributed by atoms with Crippen LogP contribution in [0.25, 0.3) is 11.1 Å². The molecule has 8 heteroatoms. The number of aromatic nitrogens is 2. The van der Waals surface area contributed by atoms with Crippen molar-refractivity contribution in [2.45, 2.75) is 39.4 Å². The Morgan fingerprint density at radius 2 is 1.79 bits per heavy atom. The first-order valence-corrected chi connectivity index (χ1v) is 12.3. The molecule has 1 atom stereocenters. The van der Waals surface area contributed by atoms with Crippen LogP contribution in [0.4, 0.5) is 0 Å². The third kappa shape index (κ3) is 5.70. The molecule has 4 aromatic rings. The summed E-state index contributed by atoms with van der Waals surface area (Å²) in [6, 6.07) is 17.8. The fourth-order valence-electron chi connectivity index (χ4n) is 4.79. The molecule has 38 heavy (non-hydrogen) atoms. The van der Waals surface area contributed by atoms with Crippen molar-refractivity contribution in [2.24, 2.45) is 0 Å². The van der Waals surface area contributed by atoms with E-state index in [4.69, 9.17) is 19.3 Å². The molecule has 1 aliphatic rings. The summed E-state index contributed by atoms with van der Waals surface area (Å²) in [7, 11) is 0. The Morgan fingerprint density at radius 3 is 2.53 bits per heavy atom. The number of carbonyl (C=O) groups is 1. The van der Waals surface area contributed by atoms with E-state index in [1.165, 1.54) is 6.20 Å². The lowest BCUT2D eigenvalue weighted by molar-refractivity contribution is -0.137. The van der Waals surface area contributed by atoms with Gasteiger partial charge in [0, 0.05) is 35.5 Å². The molecule has 1 unspecified atom stereocenters. The van der Waals surface area contributed by atoms with E-state index in [2.05, 4.69) is 35.9 Å². The Bertz CT molecular complexity index is 1500. The molecule has 0 radical (unpaired) electrons. The number of hydrogen-bond donors (Lipinski definition) is 2. The van der Waals surface area contributed by atoms with Gasteiger partial charge < -0.3 is 24.3 Å². The Balaban J connectivity index is 1.26. The summed E-state index contributed by atoms with van der Waals surface area (Å²) in [6.45, 7) is 5.19. The molecule has 8 nitrogen and oxygen atoms in total. The van der Waals surface area contributed by atoms with Gasteiger partial charge in [0.2, 0.25) is 0 Å². The third-order valence-corrected chi connectivity index (χ3v) is 6.55. The predicted molar refractivity (Wildman–Crippen MR) is 142 cm³/mol. The maximum atomic E-state index is 11.1. The highest BCUT2D eigenvalue weighted by Crippen LogP contribution is 2.38. The highest BCUT2D eigenvalue weighted by molar-refractivity contribution is 5.72. The van der Waals surface area contributed by atoms with Crippen LogP contribution in [-0.2, 0) is 18.0 Å². The number of aromatic amines is 1. The molecule has 0 saturated heterocycles. The molecule has 1 aromatic heterocycles. The Morgan fingerprint density at radius 1 is 1.03 bits per heavy atom. The minimum Gasteiger partial charge on any atom is -0.492 e. The normalized spacial score (nSPS) is 14.0. The number of carboxylic acids is 1. The van der Waals surface area contributed by atoms with Gasteiger partial charge in [-0.2, -0.15) is 0 Å². The van der Waals surface area contributed by atoms with E-state index in [1.54, 1.807) is 6.20 Å². The first-order chi connectivity index (χ1) is 18.4. The molecular weight excluding hydrogens is 484 g/mol. The summed E-state index contributed by atoms with van der Waals surface area (Å²) >= 11 is 0. The van der Waals surface area contributed by atoms with Gasteiger partial charge >= 0.3 is 11.7 Å².